The van der Waals surface area contributed by atoms with Gasteiger partial charge in [-0.3, -0.25) is 4.99 Å². The first-order valence-electron chi connectivity index (χ1n) is 9.76. The van der Waals surface area contributed by atoms with Gasteiger partial charge in [-0.15, -0.1) is 0 Å². The number of benzene rings is 2. The van der Waals surface area contributed by atoms with Crippen molar-refractivity contribution in [3.05, 3.63) is 66.4 Å². The van der Waals surface area contributed by atoms with Crippen LogP contribution in [0.25, 0.3) is 17.0 Å². The lowest BCUT2D eigenvalue weighted by molar-refractivity contribution is 0.305. The van der Waals surface area contributed by atoms with Crippen LogP contribution in [-0.2, 0) is 7.05 Å². The van der Waals surface area contributed by atoms with Crippen LogP contribution in [0.5, 0.6) is 5.75 Å². The molecule has 0 atom stereocenters. The quantitative estimate of drug-likeness (QED) is 0.314. The fourth-order valence-corrected chi connectivity index (χ4v) is 3.09. The lowest BCUT2D eigenvalue weighted by Gasteiger charge is -2.05. The molecule has 3 rings (SSSR count). The summed E-state index contributed by atoms with van der Waals surface area (Å²) in [6, 6.07) is 18.5. The van der Waals surface area contributed by atoms with Gasteiger partial charge >= 0.3 is 0 Å². The van der Waals surface area contributed by atoms with E-state index in [1.165, 1.54) is 30.2 Å². The molecule has 0 saturated heterocycles. The van der Waals surface area contributed by atoms with Crippen molar-refractivity contribution in [2.75, 3.05) is 6.61 Å². The number of para-hydroxylation sites is 1. The van der Waals surface area contributed by atoms with Gasteiger partial charge in [-0.1, -0.05) is 44.4 Å². The number of hydrogen-bond acceptors (Lipinski definition) is 2. The van der Waals surface area contributed by atoms with E-state index in [0.717, 1.165) is 30.2 Å². The number of aromatic nitrogens is 1. The first-order valence-corrected chi connectivity index (χ1v) is 9.76. The smallest absolute Gasteiger partial charge is 0.119 e. The molecule has 0 amide bonds. The third-order valence-electron chi connectivity index (χ3n) is 4.67. The fourth-order valence-electron chi connectivity index (χ4n) is 3.09. The number of hydrogen-bond donors (Lipinski definition) is 0. The molecule has 0 radical (unpaired) electrons. The van der Waals surface area contributed by atoms with E-state index >= 15 is 0 Å². The van der Waals surface area contributed by atoms with Crippen molar-refractivity contribution in [3.63, 3.8) is 0 Å². The Bertz CT molecular complexity index is 904. The molecule has 3 nitrogen and oxygen atoms in total. The molecule has 0 fully saturated rings. The molecule has 3 aromatic rings. The Hall–Kier alpha value is -2.81. The summed E-state index contributed by atoms with van der Waals surface area (Å²) in [6.45, 7) is 3.01. The molecular formula is C24H28N2O. The Morgan fingerprint density at radius 2 is 1.81 bits per heavy atom. The van der Waals surface area contributed by atoms with Crippen molar-refractivity contribution in [2.24, 2.45) is 12.0 Å². The van der Waals surface area contributed by atoms with E-state index in [2.05, 4.69) is 59.9 Å². The van der Waals surface area contributed by atoms with Crippen molar-refractivity contribution in [2.45, 2.75) is 32.6 Å². The molecule has 3 heteroatoms. The number of fused-ring (bicyclic) bond motifs is 1. The minimum absolute atomic E-state index is 0.788. The molecule has 1 heterocycles. The number of aliphatic imine (C=N–C) groups is 1. The monoisotopic (exact) mass is 360 g/mol. The average molecular weight is 361 g/mol. The summed E-state index contributed by atoms with van der Waals surface area (Å²) < 4.78 is 7.95. The maximum Gasteiger partial charge on any atom is 0.119 e. The summed E-state index contributed by atoms with van der Waals surface area (Å²) >= 11 is 0. The zero-order chi connectivity index (χ0) is 18.9. The van der Waals surface area contributed by atoms with Crippen LogP contribution in [0, 0.1) is 0 Å². The summed E-state index contributed by atoms with van der Waals surface area (Å²) in [4.78, 5) is 4.49. The SMILES string of the molecule is CCCCCCOc1ccc(N=C/C=C/c2cc3ccccc3n2C)cc1. The summed E-state index contributed by atoms with van der Waals surface area (Å²) in [7, 11) is 2.08. The number of nitrogens with zero attached hydrogens (tertiary/aromatic N) is 2. The minimum Gasteiger partial charge on any atom is -0.494 e. The first-order chi connectivity index (χ1) is 13.3. The van der Waals surface area contributed by atoms with Crippen molar-refractivity contribution < 1.29 is 4.74 Å². The molecule has 0 spiro atoms. The van der Waals surface area contributed by atoms with Gasteiger partial charge < -0.3 is 9.30 Å². The zero-order valence-electron chi connectivity index (χ0n) is 16.3. The second-order valence-corrected chi connectivity index (χ2v) is 6.73. The Morgan fingerprint density at radius 3 is 2.59 bits per heavy atom. The van der Waals surface area contributed by atoms with Crippen LogP contribution in [0.4, 0.5) is 5.69 Å². The topological polar surface area (TPSA) is 26.5 Å². The highest BCUT2D eigenvalue weighted by molar-refractivity contribution is 5.86. The molecule has 2 aromatic carbocycles. The molecule has 0 bridgehead atoms. The maximum atomic E-state index is 5.76. The summed E-state index contributed by atoms with van der Waals surface area (Å²) in [6.07, 6.45) is 10.8. The Kier molecular flexibility index (Phi) is 6.86. The Balaban J connectivity index is 1.53. The van der Waals surface area contributed by atoms with Crippen molar-refractivity contribution >= 4 is 28.9 Å². The van der Waals surface area contributed by atoms with Gasteiger partial charge in [-0.05, 0) is 55.0 Å². The molecule has 0 N–H and O–H groups in total. The van der Waals surface area contributed by atoms with Crippen LogP contribution in [0.1, 0.15) is 38.3 Å². The lowest BCUT2D eigenvalue weighted by atomic mass is 10.2. The standard InChI is InChI=1S/C24H28N2O/c1-3-4-5-8-18-27-23-15-13-21(14-16-23)25-17-9-11-22-19-20-10-6-7-12-24(20)26(22)2/h6-7,9-17,19H,3-5,8,18H2,1-2H3/b11-9+,25-17?. The van der Waals surface area contributed by atoms with Gasteiger partial charge in [0.05, 0.1) is 12.3 Å². The number of unbranched alkanes of at least 4 members (excludes halogenated alkanes) is 3. The predicted octanol–water partition coefficient (Wildman–Crippen LogP) is 6.55. The van der Waals surface area contributed by atoms with Crippen LogP contribution in [0.2, 0.25) is 0 Å². The number of aryl methyl sites for hydroxylation is 1. The maximum absolute atomic E-state index is 5.76. The van der Waals surface area contributed by atoms with Crippen LogP contribution in [0.3, 0.4) is 0 Å². The van der Waals surface area contributed by atoms with Gasteiger partial charge in [0, 0.05) is 29.9 Å². The van der Waals surface area contributed by atoms with E-state index in [9.17, 15) is 0 Å². The van der Waals surface area contributed by atoms with Crippen molar-refractivity contribution in [3.8, 4) is 5.75 Å². The highest BCUT2D eigenvalue weighted by atomic mass is 16.5. The summed E-state index contributed by atoms with van der Waals surface area (Å²) in [5, 5.41) is 1.25. The molecular weight excluding hydrogens is 332 g/mol. The Labute approximate surface area is 162 Å². The van der Waals surface area contributed by atoms with E-state index < -0.39 is 0 Å². The average Bonchev–Trinajstić information content (AvgIpc) is 3.02. The van der Waals surface area contributed by atoms with Crippen molar-refractivity contribution in [1.29, 1.82) is 0 Å². The molecule has 0 aliphatic rings. The third-order valence-corrected chi connectivity index (χ3v) is 4.67. The van der Waals surface area contributed by atoms with Crippen molar-refractivity contribution in [1.82, 2.24) is 4.57 Å². The molecule has 0 aliphatic heterocycles. The molecule has 0 saturated carbocycles. The normalized spacial score (nSPS) is 11.8. The molecule has 27 heavy (non-hydrogen) atoms. The fraction of sp³-hybridized carbons (Fsp3) is 0.292. The van der Waals surface area contributed by atoms with E-state index in [1.54, 1.807) is 0 Å². The van der Waals surface area contributed by atoms with Gasteiger partial charge in [-0.25, -0.2) is 0 Å². The second-order valence-electron chi connectivity index (χ2n) is 6.73. The lowest BCUT2D eigenvalue weighted by Crippen LogP contribution is -1.96. The van der Waals surface area contributed by atoms with Crippen LogP contribution >= 0.6 is 0 Å². The van der Waals surface area contributed by atoms with E-state index in [1.807, 2.05) is 36.6 Å². The Morgan fingerprint density at radius 1 is 1.00 bits per heavy atom. The van der Waals surface area contributed by atoms with Gasteiger partial charge in [-0.2, -0.15) is 0 Å². The summed E-state index contributed by atoms with van der Waals surface area (Å²) in [5.41, 5.74) is 3.32. The number of ether oxygens (including phenoxy) is 1. The minimum atomic E-state index is 0.788. The van der Waals surface area contributed by atoms with Gasteiger partial charge in [0.15, 0.2) is 0 Å². The van der Waals surface area contributed by atoms with Gasteiger partial charge in [0.25, 0.3) is 0 Å². The van der Waals surface area contributed by atoms with Crippen LogP contribution in [-0.4, -0.2) is 17.4 Å². The van der Waals surface area contributed by atoms with Gasteiger partial charge in [0.2, 0.25) is 0 Å². The summed E-state index contributed by atoms with van der Waals surface area (Å²) in [5.74, 6) is 0.913. The third kappa shape index (κ3) is 5.33. The highest BCUT2D eigenvalue weighted by Crippen LogP contribution is 2.20. The van der Waals surface area contributed by atoms with Crippen LogP contribution < -0.4 is 4.74 Å². The number of rotatable bonds is 9. The molecule has 0 aliphatic carbocycles. The number of allylic oxidation sites excluding steroid dienone is 1. The second kappa shape index (κ2) is 9.77. The molecule has 0 unspecified atom stereocenters. The van der Waals surface area contributed by atoms with E-state index in [-0.39, 0.29) is 0 Å². The largest absolute Gasteiger partial charge is 0.494 e. The predicted molar refractivity (Wildman–Crippen MR) is 116 cm³/mol. The zero-order valence-corrected chi connectivity index (χ0v) is 16.3. The molecule has 1 aromatic heterocycles. The van der Waals surface area contributed by atoms with Gasteiger partial charge in [0.1, 0.15) is 5.75 Å². The van der Waals surface area contributed by atoms with E-state index in [4.69, 9.17) is 4.74 Å². The molecule has 140 valence electrons. The van der Waals surface area contributed by atoms with E-state index in [0.29, 0.717) is 0 Å². The first kappa shape index (κ1) is 19.0. The highest BCUT2D eigenvalue weighted by Gasteiger charge is 2.01. The van der Waals surface area contributed by atoms with Crippen LogP contribution in [0.15, 0.2) is 65.7 Å².